The van der Waals surface area contributed by atoms with Gasteiger partial charge < -0.3 is 11.1 Å². The maximum Gasteiger partial charge on any atom is 0.131 e. The van der Waals surface area contributed by atoms with Crippen LogP contribution in [0.15, 0.2) is 30.5 Å². The van der Waals surface area contributed by atoms with Crippen molar-refractivity contribution in [2.45, 2.75) is 13.0 Å². The van der Waals surface area contributed by atoms with Crippen molar-refractivity contribution in [2.24, 2.45) is 0 Å². The molecule has 5 heteroatoms. The molecule has 2 aromatic rings. The molecule has 0 aliphatic heterocycles. The zero-order chi connectivity index (χ0) is 14.0. The van der Waals surface area contributed by atoms with Gasteiger partial charge in [0.05, 0.1) is 6.04 Å². The molecule has 1 aromatic heterocycles. The summed E-state index contributed by atoms with van der Waals surface area (Å²) in [5, 5.41) is 2.98. The van der Waals surface area contributed by atoms with Crippen LogP contribution in [0.4, 0.5) is 14.6 Å². The largest absolute Gasteiger partial charge is 0.383 e. The van der Waals surface area contributed by atoms with Crippen LogP contribution < -0.4 is 11.1 Å². The van der Waals surface area contributed by atoms with Gasteiger partial charge in [0.1, 0.15) is 17.5 Å². The van der Waals surface area contributed by atoms with Gasteiger partial charge in [-0.15, -0.1) is 0 Å². The minimum Gasteiger partial charge on any atom is -0.383 e. The smallest absolute Gasteiger partial charge is 0.131 e. The van der Waals surface area contributed by atoms with E-state index in [9.17, 15) is 8.78 Å². The molecule has 1 unspecified atom stereocenters. The predicted octanol–water partition coefficient (Wildman–Crippen LogP) is 2.56. The molecule has 3 N–H and O–H groups in total. The quantitative estimate of drug-likeness (QED) is 0.894. The van der Waals surface area contributed by atoms with E-state index in [1.165, 1.54) is 12.1 Å². The number of halogens is 2. The van der Waals surface area contributed by atoms with Crippen LogP contribution in [-0.2, 0) is 0 Å². The van der Waals surface area contributed by atoms with Gasteiger partial charge in [-0.2, -0.15) is 0 Å². The molecule has 0 spiro atoms. The summed E-state index contributed by atoms with van der Waals surface area (Å²) in [4.78, 5) is 4.06. The van der Waals surface area contributed by atoms with E-state index in [4.69, 9.17) is 5.73 Å². The SMILES string of the molecule is CNC(c1ccc(F)cc1F)c1cc(C)cnc1N. The van der Waals surface area contributed by atoms with Gasteiger partial charge in [0.2, 0.25) is 0 Å². The predicted molar refractivity (Wildman–Crippen MR) is 70.6 cm³/mol. The summed E-state index contributed by atoms with van der Waals surface area (Å²) >= 11 is 0. The van der Waals surface area contributed by atoms with Crippen LogP contribution >= 0.6 is 0 Å². The molecule has 0 fully saturated rings. The number of aryl methyl sites for hydroxylation is 1. The maximum absolute atomic E-state index is 13.9. The highest BCUT2D eigenvalue weighted by Crippen LogP contribution is 2.28. The van der Waals surface area contributed by atoms with Crippen molar-refractivity contribution in [1.29, 1.82) is 0 Å². The lowest BCUT2D eigenvalue weighted by atomic mass is 9.98. The molecular formula is C14H15F2N3. The van der Waals surface area contributed by atoms with Gasteiger partial charge in [-0.1, -0.05) is 6.07 Å². The van der Waals surface area contributed by atoms with E-state index in [0.717, 1.165) is 11.6 Å². The van der Waals surface area contributed by atoms with E-state index in [1.807, 2.05) is 13.0 Å². The first-order valence-corrected chi connectivity index (χ1v) is 5.87. The maximum atomic E-state index is 13.9. The van der Waals surface area contributed by atoms with Gasteiger partial charge in [0, 0.05) is 23.4 Å². The lowest BCUT2D eigenvalue weighted by Crippen LogP contribution is -2.21. The second kappa shape index (κ2) is 5.32. The third-order valence-corrected chi connectivity index (χ3v) is 2.96. The molecule has 0 bridgehead atoms. The second-order valence-electron chi connectivity index (χ2n) is 4.37. The van der Waals surface area contributed by atoms with E-state index < -0.39 is 17.7 Å². The average Bonchev–Trinajstić information content (AvgIpc) is 2.36. The Balaban J connectivity index is 2.52. The number of nitrogens with zero attached hydrogens (tertiary/aromatic N) is 1. The van der Waals surface area contributed by atoms with Crippen LogP contribution in [0.5, 0.6) is 0 Å². The third-order valence-electron chi connectivity index (χ3n) is 2.96. The zero-order valence-corrected chi connectivity index (χ0v) is 10.7. The Morgan fingerprint density at radius 1 is 1.21 bits per heavy atom. The van der Waals surface area contributed by atoms with Crippen molar-refractivity contribution >= 4 is 5.82 Å². The van der Waals surface area contributed by atoms with Crippen LogP contribution in [0.25, 0.3) is 0 Å². The lowest BCUT2D eigenvalue weighted by Gasteiger charge is -2.19. The molecule has 0 saturated carbocycles. The Bertz CT molecular complexity index is 599. The van der Waals surface area contributed by atoms with E-state index >= 15 is 0 Å². The molecule has 1 aromatic carbocycles. The van der Waals surface area contributed by atoms with E-state index in [1.54, 1.807) is 13.2 Å². The molecule has 0 amide bonds. The van der Waals surface area contributed by atoms with Crippen LogP contribution in [-0.4, -0.2) is 12.0 Å². The minimum absolute atomic E-state index is 0.327. The highest BCUT2D eigenvalue weighted by atomic mass is 19.1. The molecule has 1 heterocycles. The fourth-order valence-corrected chi connectivity index (χ4v) is 2.05. The van der Waals surface area contributed by atoms with Crippen LogP contribution in [0, 0.1) is 18.6 Å². The molecule has 2 rings (SSSR count). The molecule has 3 nitrogen and oxygen atoms in total. The number of aromatic nitrogens is 1. The summed E-state index contributed by atoms with van der Waals surface area (Å²) in [6.07, 6.45) is 1.65. The summed E-state index contributed by atoms with van der Waals surface area (Å²) in [7, 11) is 1.69. The van der Waals surface area contributed by atoms with Crippen molar-refractivity contribution in [3.8, 4) is 0 Å². The summed E-state index contributed by atoms with van der Waals surface area (Å²) < 4.78 is 26.8. The monoisotopic (exact) mass is 263 g/mol. The average molecular weight is 263 g/mol. The fraction of sp³-hybridized carbons (Fsp3) is 0.214. The number of rotatable bonds is 3. The van der Waals surface area contributed by atoms with E-state index in [2.05, 4.69) is 10.3 Å². The Morgan fingerprint density at radius 2 is 1.95 bits per heavy atom. The Kier molecular flexibility index (Phi) is 3.76. The number of hydrogen-bond acceptors (Lipinski definition) is 3. The first kappa shape index (κ1) is 13.4. The molecule has 0 radical (unpaired) electrons. The number of nitrogen functional groups attached to an aromatic ring is 1. The van der Waals surface area contributed by atoms with Gasteiger partial charge in [0.25, 0.3) is 0 Å². The number of anilines is 1. The molecule has 100 valence electrons. The number of nitrogens with one attached hydrogen (secondary N) is 1. The van der Waals surface area contributed by atoms with Gasteiger partial charge in [-0.3, -0.25) is 0 Å². The van der Waals surface area contributed by atoms with Crippen molar-refractivity contribution in [2.75, 3.05) is 12.8 Å². The Labute approximate surface area is 110 Å². The highest BCUT2D eigenvalue weighted by Gasteiger charge is 2.19. The standard InChI is InChI=1S/C14H15F2N3/c1-8-5-11(14(17)19-7-8)13(18-2)10-4-3-9(15)6-12(10)16/h3-7,13,18H,1-2H3,(H2,17,19). The summed E-state index contributed by atoms with van der Waals surface area (Å²) in [5.74, 6) is -0.889. The Hall–Kier alpha value is -2.01. The van der Waals surface area contributed by atoms with E-state index in [0.29, 0.717) is 16.9 Å². The van der Waals surface area contributed by atoms with Crippen molar-refractivity contribution in [3.63, 3.8) is 0 Å². The number of nitrogens with two attached hydrogens (primary N) is 1. The van der Waals surface area contributed by atoms with Crippen LogP contribution in [0.3, 0.4) is 0 Å². The zero-order valence-electron chi connectivity index (χ0n) is 10.7. The van der Waals surface area contributed by atoms with Crippen LogP contribution in [0.1, 0.15) is 22.7 Å². The summed E-state index contributed by atoms with van der Waals surface area (Å²) in [5.41, 5.74) is 7.77. The molecule has 19 heavy (non-hydrogen) atoms. The highest BCUT2D eigenvalue weighted by molar-refractivity contribution is 5.47. The fourth-order valence-electron chi connectivity index (χ4n) is 2.05. The topological polar surface area (TPSA) is 50.9 Å². The van der Waals surface area contributed by atoms with Crippen molar-refractivity contribution < 1.29 is 8.78 Å². The number of benzene rings is 1. The Morgan fingerprint density at radius 3 is 2.58 bits per heavy atom. The summed E-state index contributed by atoms with van der Waals surface area (Å²) in [6, 6.07) is 4.87. The molecular weight excluding hydrogens is 248 g/mol. The summed E-state index contributed by atoms with van der Waals surface area (Å²) in [6.45, 7) is 1.88. The molecule has 0 saturated heterocycles. The third kappa shape index (κ3) is 2.71. The number of hydrogen-bond donors (Lipinski definition) is 2. The van der Waals surface area contributed by atoms with Gasteiger partial charge >= 0.3 is 0 Å². The normalized spacial score (nSPS) is 12.4. The van der Waals surface area contributed by atoms with Crippen molar-refractivity contribution in [3.05, 3.63) is 58.8 Å². The molecule has 0 aliphatic carbocycles. The second-order valence-corrected chi connectivity index (χ2v) is 4.37. The molecule has 0 aliphatic rings. The van der Waals surface area contributed by atoms with Gasteiger partial charge in [-0.25, -0.2) is 13.8 Å². The first-order valence-electron chi connectivity index (χ1n) is 5.87. The number of pyridine rings is 1. The van der Waals surface area contributed by atoms with E-state index in [-0.39, 0.29) is 0 Å². The van der Waals surface area contributed by atoms with Crippen LogP contribution in [0.2, 0.25) is 0 Å². The van der Waals surface area contributed by atoms with Gasteiger partial charge in [0.15, 0.2) is 0 Å². The minimum atomic E-state index is -0.611. The first-order chi connectivity index (χ1) is 9.02. The lowest BCUT2D eigenvalue weighted by molar-refractivity contribution is 0.551. The van der Waals surface area contributed by atoms with Crippen molar-refractivity contribution in [1.82, 2.24) is 10.3 Å². The van der Waals surface area contributed by atoms with Gasteiger partial charge in [-0.05, 0) is 31.7 Å². The molecule has 1 atom stereocenters.